The molecular formula is C19H25NO4. The van der Waals surface area contributed by atoms with Crippen molar-refractivity contribution in [3.63, 3.8) is 0 Å². The zero-order valence-corrected chi connectivity index (χ0v) is 14.3. The second kappa shape index (κ2) is 6.46. The number of nitrogens with zero attached hydrogens (tertiary/aromatic N) is 1. The number of carbonyl (C=O) groups is 2. The largest absolute Gasteiger partial charge is 0.491 e. The lowest BCUT2D eigenvalue weighted by Crippen LogP contribution is -2.40. The van der Waals surface area contributed by atoms with Gasteiger partial charge in [-0.2, -0.15) is 0 Å². The molecule has 1 aliphatic carbocycles. The number of benzene rings is 1. The summed E-state index contributed by atoms with van der Waals surface area (Å²) in [5, 5.41) is 9.15. The number of aliphatic carboxylic acids is 1. The number of carboxylic acids is 1. The van der Waals surface area contributed by atoms with Crippen LogP contribution < -0.4 is 4.74 Å². The smallest absolute Gasteiger partial charge is 0.307 e. The standard InChI is InChI=1S/C19H25NO4/c1-13(2)24-16-6-4-3-5-14(16)11-17(21)20-9-7-19(8-10-20)12-15(19)18(22)23/h3-6,13,15H,7-12H2,1-2H3,(H,22,23). The number of carbonyl (C=O) groups excluding carboxylic acids is 1. The van der Waals surface area contributed by atoms with Gasteiger partial charge in [-0.1, -0.05) is 18.2 Å². The molecule has 1 aromatic rings. The Morgan fingerprint density at radius 1 is 1.29 bits per heavy atom. The summed E-state index contributed by atoms with van der Waals surface area (Å²) in [6.45, 7) is 5.26. The van der Waals surface area contributed by atoms with Crippen LogP contribution in [0.3, 0.4) is 0 Å². The Kier molecular flexibility index (Phi) is 4.52. The van der Waals surface area contributed by atoms with Gasteiger partial charge in [0.2, 0.25) is 5.91 Å². The molecule has 0 bridgehead atoms. The van der Waals surface area contributed by atoms with E-state index < -0.39 is 5.97 Å². The number of ether oxygens (including phenoxy) is 1. The molecule has 1 saturated carbocycles. The average Bonchev–Trinajstić information content (AvgIpc) is 3.23. The molecule has 0 radical (unpaired) electrons. The van der Waals surface area contributed by atoms with E-state index >= 15 is 0 Å². The van der Waals surface area contributed by atoms with Gasteiger partial charge in [0.05, 0.1) is 18.4 Å². The molecule has 24 heavy (non-hydrogen) atoms. The maximum atomic E-state index is 12.6. The minimum Gasteiger partial charge on any atom is -0.491 e. The molecule has 5 nitrogen and oxygen atoms in total. The molecule has 1 heterocycles. The van der Waals surface area contributed by atoms with Crippen molar-refractivity contribution in [1.29, 1.82) is 0 Å². The van der Waals surface area contributed by atoms with Gasteiger partial charge in [0.25, 0.3) is 0 Å². The van der Waals surface area contributed by atoms with Gasteiger partial charge in [-0.15, -0.1) is 0 Å². The molecule has 1 N–H and O–H groups in total. The summed E-state index contributed by atoms with van der Waals surface area (Å²) in [5.41, 5.74) is 0.868. The van der Waals surface area contributed by atoms with Gasteiger partial charge in [-0.05, 0) is 44.6 Å². The topological polar surface area (TPSA) is 66.8 Å². The molecular weight excluding hydrogens is 306 g/mol. The van der Waals surface area contributed by atoms with Gasteiger partial charge in [-0.25, -0.2) is 0 Å². The van der Waals surface area contributed by atoms with Crippen LogP contribution in [0, 0.1) is 11.3 Å². The SMILES string of the molecule is CC(C)Oc1ccccc1CC(=O)N1CCC2(CC1)CC2C(=O)O. The van der Waals surface area contributed by atoms with Crippen molar-refractivity contribution in [3.05, 3.63) is 29.8 Å². The number of likely N-dealkylation sites (tertiary alicyclic amines) is 1. The summed E-state index contributed by atoms with van der Waals surface area (Å²) in [4.78, 5) is 25.6. The number of hydrogen-bond acceptors (Lipinski definition) is 3. The van der Waals surface area contributed by atoms with E-state index in [1.165, 1.54) is 0 Å². The van der Waals surface area contributed by atoms with E-state index in [0.717, 1.165) is 30.6 Å². The van der Waals surface area contributed by atoms with Crippen molar-refractivity contribution < 1.29 is 19.4 Å². The number of piperidine rings is 1. The van der Waals surface area contributed by atoms with Crippen LogP contribution in [0.1, 0.15) is 38.7 Å². The Morgan fingerprint density at radius 3 is 2.54 bits per heavy atom. The van der Waals surface area contributed by atoms with Gasteiger partial charge < -0.3 is 14.7 Å². The van der Waals surface area contributed by atoms with Crippen molar-refractivity contribution in [2.24, 2.45) is 11.3 Å². The lowest BCUT2D eigenvalue weighted by Gasteiger charge is -2.32. The Morgan fingerprint density at radius 2 is 1.96 bits per heavy atom. The van der Waals surface area contributed by atoms with Crippen molar-refractivity contribution in [3.8, 4) is 5.75 Å². The number of carboxylic acid groups (broad SMARTS) is 1. The molecule has 3 rings (SSSR count). The number of hydrogen-bond donors (Lipinski definition) is 1. The van der Waals surface area contributed by atoms with Gasteiger partial charge in [-0.3, -0.25) is 9.59 Å². The predicted octanol–water partition coefficient (Wildman–Crippen LogP) is 2.73. The van der Waals surface area contributed by atoms with Crippen molar-refractivity contribution >= 4 is 11.9 Å². The van der Waals surface area contributed by atoms with Gasteiger partial charge in [0.1, 0.15) is 5.75 Å². The first-order valence-electron chi connectivity index (χ1n) is 8.66. The minimum atomic E-state index is -0.686. The van der Waals surface area contributed by atoms with E-state index in [9.17, 15) is 9.59 Å². The van der Waals surface area contributed by atoms with Crippen LogP contribution >= 0.6 is 0 Å². The molecule has 1 aromatic carbocycles. The average molecular weight is 331 g/mol. The van der Waals surface area contributed by atoms with Gasteiger partial charge in [0.15, 0.2) is 0 Å². The highest BCUT2D eigenvalue weighted by Gasteiger charge is 2.59. The molecule has 130 valence electrons. The van der Waals surface area contributed by atoms with E-state index in [1.807, 2.05) is 43.0 Å². The highest BCUT2D eigenvalue weighted by atomic mass is 16.5. The molecule has 5 heteroatoms. The first-order valence-corrected chi connectivity index (χ1v) is 8.66. The predicted molar refractivity (Wildman–Crippen MR) is 89.9 cm³/mol. The zero-order chi connectivity index (χ0) is 17.3. The maximum absolute atomic E-state index is 12.6. The molecule has 1 atom stereocenters. The van der Waals surface area contributed by atoms with Crippen LogP contribution in [-0.4, -0.2) is 41.1 Å². The normalized spacial score (nSPS) is 21.8. The third kappa shape index (κ3) is 3.40. The van der Waals surface area contributed by atoms with Crippen LogP contribution in [0.5, 0.6) is 5.75 Å². The summed E-state index contributed by atoms with van der Waals surface area (Å²) in [7, 11) is 0. The summed E-state index contributed by atoms with van der Waals surface area (Å²) >= 11 is 0. The van der Waals surface area contributed by atoms with Crippen molar-refractivity contribution in [1.82, 2.24) is 4.90 Å². The fourth-order valence-corrected chi connectivity index (χ4v) is 3.74. The molecule has 2 fully saturated rings. The van der Waals surface area contributed by atoms with Crippen LogP contribution in [0.25, 0.3) is 0 Å². The lowest BCUT2D eigenvalue weighted by molar-refractivity contribution is -0.139. The quantitative estimate of drug-likeness (QED) is 0.901. The first kappa shape index (κ1) is 16.8. The Labute approximate surface area is 142 Å². The van der Waals surface area contributed by atoms with Crippen LogP contribution in [0.2, 0.25) is 0 Å². The lowest BCUT2D eigenvalue weighted by atomic mass is 9.90. The van der Waals surface area contributed by atoms with E-state index in [2.05, 4.69) is 0 Å². The number of rotatable bonds is 5. The molecule has 2 aliphatic rings. The maximum Gasteiger partial charge on any atom is 0.307 e. The monoisotopic (exact) mass is 331 g/mol. The van der Waals surface area contributed by atoms with E-state index in [-0.39, 0.29) is 23.3 Å². The second-order valence-electron chi connectivity index (χ2n) is 7.29. The Bertz CT molecular complexity index is 632. The molecule has 0 aromatic heterocycles. The third-order valence-corrected chi connectivity index (χ3v) is 5.28. The molecule has 1 saturated heterocycles. The molecule has 1 unspecified atom stereocenters. The summed E-state index contributed by atoms with van der Waals surface area (Å²) in [5.74, 6) is -0.0240. The zero-order valence-electron chi connectivity index (χ0n) is 14.3. The number of amides is 1. The van der Waals surface area contributed by atoms with E-state index in [4.69, 9.17) is 9.84 Å². The second-order valence-corrected chi connectivity index (χ2v) is 7.29. The third-order valence-electron chi connectivity index (χ3n) is 5.28. The van der Waals surface area contributed by atoms with Crippen LogP contribution in [0.15, 0.2) is 24.3 Å². The van der Waals surface area contributed by atoms with Crippen molar-refractivity contribution in [2.45, 2.75) is 45.6 Å². The van der Waals surface area contributed by atoms with E-state index in [0.29, 0.717) is 19.5 Å². The summed E-state index contributed by atoms with van der Waals surface area (Å²) in [6.07, 6.45) is 2.78. The minimum absolute atomic E-state index is 0.0404. The molecule has 1 spiro atoms. The van der Waals surface area contributed by atoms with E-state index in [1.54, 1.807) is 0 Å². The fraction of sp³-hybridized carbons (Fsp3) is 0.579. The summed E-state index contributed by atoms with van der Waals surface area (Å²) in [6, 6.07) is 7.66. The highest BCUT2D eigenvalue weighted by Crippen LogP contribution is 2.59. The Hall–Kier alpha value is -2.04. The number of para-hydroxylation sites is 1. The highest BCUT2D eigenvalue weighted by molar-refractivity contribution is 5.80. The summed E-state index contributed by atoms with van der Waals surface area (Å²) < 4.78 is 5.78. The first-order chi connectivity index (χ1) is 11.4. The molecule has 1 amide bonds. The van der Waals surface area contributed by atoms with Gasteiger partial charge >= 0.3 is 5.97 Å². The molecule has 1 aliphatic heterocycles. The van der Waals surface area contributed by atoms with Crippen LogP contribution in [-0.2, 0) is 16.0 Å². The van der Waals surface area contributed by atoms with Crippen LogP contribution in [0.4, 0.5) is 0 Å². The fourth-order valence-electron chi connectivity index (χ4n) is 3.74. The Balaban J connectivity index is 1.58. The van der Waals surface area contributed by atoms with Gasteiger partial charge in [0, 0.05) is 18.7 Å². The van der Waals surface area contributed by atoms with Crippen molar-refractivity contribution in [2.75, 3.05) is 13.1 Å².